The van der Waals surface area contributed by atoms with Gasteiger partial charge in [0, 0.05) is 26.4 Å². The Kier molecular flexibility index (Phi) is 13.1. The Bertz CT molecular complexity index is 2490. The lowest BCUT2D eigenvalue weighted by molar-refractivity contribution is -0.147. The third kappa shape index (κ3) is 9.33. The fraction of sp³-hybridized carbons (Fsp3) is 0.200. The number of carbonyl (C=O) groups is 4. The predicted octanol–water partition coefficient (Wildman–Crippen LogP) is 9.86. The van der Waals surface area contributed by atoms with Crippen molar-refractivity contribution in [2.75, 3.05) is 27.9 Å². The van der Waals surface area contributed by atoms with E-state index in [-0.39, 0.29) is 36.3 Å². The number of halogens is 2. The highest BCUT2D eigenvalue weighted by atomic mass is 32.1. The van der Waals surface area contributed by atoms with Crippen LogP contribution < -0.4 is 14.2 Å². The first kappa shape index (κ1) is 41.5. The average Bonchev–Trinajstić information content (AvgIpc) is 3.84. The van der Waals surface area contributed by atoms with Crippen molar-refractivity contribution in [3.05, 3.63) is 146 Å². The summed E-state index contributed by atoms with van der Waals surface area (Å²) in [4.78, 5) is 55.3. The molecule has 1 atom stereocenters. The second-order valence-electron chi connectivity index (χ2n) is 12.9. The molecular weight excluding hydrogens is 787 g/mol. The van der Waals surface area contributed by atoms with Gasteiger partial charge in [-0.25, -0.2) is 8.78 Å². The van der Waals surface area contributed by atoms with E-state index in [1.54, 1.807) is 63.4 Å². The van der Waals surface area contributed by atoms with E-state index in [2.05, 4.69) is 0 Å². The van der Waals surface area contributed by atoms with Crippen LogP contribution in [0.1, 0.15) is 67.1 Å². The van der Waals surface area contributed by atoms with E-state index in [0.717, 1.165) is 29.0 Å². The summed E-state index contributed by atoms with van der Waals surface area (Å²) in [5.41, 5.74) is 3.23. The van der Waals surface area contributed by atoms with Crippen molar-refractivity contribution in [3.8, 4) is 38.1 Å². The maximum Gasteiger partial charge on any atom is 0.310 e. The quantitative estimate of drug-likeness (QED) is 0.0695. The first-order chi connectivity index (χ1) is 27.9. The van der Waals surface area contributed by atoms with Crippen LogP contribution in [0.2, 0.25) is 0 Å². The number of ketones is 2. The molecule has 0 aliphatic rings. The standard InChI is InChI=1S/C45H38F2O9S2/c1-6-55-40(48)23-30-21-38(42(50)27-8-7-9-32(46)18-27)58-45(30)29-13-16-36(53-4)34(19-29)25(2)56-41(49)24-31-22-39(43(51)28-12-17-37(54-5)35(47)20-28)57-44(31)26-10-14-33(52-3)15-11-26/h7-22,25H,6,23-24H2,1-5H3. The van der Waals surface area contributed by atoms with Crippen molar-refractivity contribution in [1.29, 1.82) is 0 Å². The molecule has 4 aromatic carbocycles. The third-order valence-electron chi connectivity index (χ3n) is 9.13. The van der Waals surface area contributed by atoms with Crippen LogP contribution in [0.5, 0.6) is 17.2 Å². The Balaban J connectivity index is 1.30. The average molecular weight is 825 g/mol. The summed E-state index contributed by atoms with van der Waals surface area (Å²) in [6.07, 6.45) is -1.15. The van der Waals surface area contributed by atoms with Crippen molar-refractivity contribution >= 4 is 46.2 Å². The van der Waals surface area contributed by atoms with Gasteiger partial charge in [-0.3, -0.25) is 19.2 Å². The third-order valence-corrected chi connectivity index (χ3v) is 11.6. The minimum atomic E-state index is -0.837. The number of esters is 2. The van der Waals surface area contributed by atoms with E-state index >= 15 is 0 Å². The Morgan fingerprint density at radius 2 is 1.22 bits per heavy atom. The number of hydrogen-bond acceptors (Lipinski definition) is 11. The van der Waals surface area contributed by atoms with Gasteiger partial charge in [-0.1, -0.05) is 12.1 Å². The van der Waals surface area contributed by atoms with Gasteiger partial charge in [0.15, 0.2) is 11.6 Å². The maximum absolute atomic E-state index is 14.6. The van der Waals surface area contributed by atoms with E-state index in [1.165, 1.54) is 55.9 Å². The maximum atomic E-state index is 14.6. The van der Waals surface area contributed by atoms with Crippen LogP contribution in [0.4, 0.5) is 8.78 Å². The van der Waals surface area contributed by atoms with Crippen molar-refractivity contribution in [2.24, 2.45) is 0 Å². The fourth-order valence-electron chi connectivity index (χ4n) is 6.32. The van der Waals surface area contributed by atoms with Gasteiger partial charge in [-0.05, 0) is 121 Å². The highest BCUT2D eigenvalue weighted by Gasteiger charge is 2.25. The Hall–Kier alpha value is -6.18. The summed E-state index contributed by atoms with van der Waals surface area (Å²) in [5, 5.41) is 0. The zero-order valence-electron chi connectivity index (χ0n) is 32.2. The first-order valence-electron chi connectivity index (χ1n) is 18.0. The summed E-state index contributed by atoms with van der Waals surface area (Å²) in [6, 6.07) is 25.0. The van der Waals surface area contributed by atoms with Crippen LogP contribution in [0.15, 0.2) is 97.1 Å². The predicted molar refractivity (Wildman–Crippen MR) is 217 cm³/mol. The normalized spacial score (nSPS) is 11.4. The van der Waals surface area contributed by atoms with Crippen molar-refractivity contribution < 1.29 is 51.6 Å². The molecule has 1 unspecified atom stereocenters. The smallest absolute Gasteiger partial charge is 0.310 e. The van der Waals surface area contributed by atoms with Gasteiger partial charge in [-0.2, -0.15) is 0 Å². The second kappa shape index (κ2) is 18.4. The Labute approximate surface area is 341 Å². The van der Waals surface area contributed by atoms with Crippen molar-refractivity contribution in [1.82, 2.24) is 0 Å². The van der Waals surface area contributed by atoms with Gasteiger partial charge < -0.3 is 23.7 Å². The van der Waals surface area contributed by atoms with Gasteiger partial charge in [0.1, 0.15) is 23.4 Å². The zero-order valence-corrected chi connectivity index (χ0v) is 33.8. The lowest BCUT2D eigenvalue weighted by atomic mass is 10.0. The summed E-state index contributed by atoms with van der Waals surface area (Å²) in [5.74, 6) is -2.06. The molecule has 0 aliphatic heterocycles. The summed E-state index contributed by atoms with van der Waals surface area (Å²) in [6.45, 7) is 3.57. The van der Waals surface area contributed by atoms with Crippen molar-refractivity contribution in [3.63, 3.8) is 0 Å². The first-order valence-corrected chi connectivity index (χ1v) is 19.7. The Morgan fingerprint density at radius 1 is 0.638 bits per heavy atom. The molecule has 0 saturated heterocycles. The molecule has 2 aromatic heterocycles. The SMILES string of the molecule is CCOC(=O)Cc1cc(C(=O)c2cccc(F)c2)sc1-c1ccc(OC)c(C(C)OC(=O)Cc2cc(C(=O)c3ccc(OC)c(F)c3)sc2-c2ccc(OC)cc2)c1. The number of ether oxygens (including phenoxy) is 5. The molecule has 9 nitrogen and oxygen atoms in total. The second-order valence-corrected chi connectivity index (χ2v) is 15.0. The molecule has 0 amide bonds. The highest BCUT2D eigenvalue weighted by molar-refractivity contribution is 7.18. The molecule has 0 saturated carbocycles. The largest absolute Gasteiger partial charge is 0.497 e. The number of thiophene rings is 2. The topological polar surface area (TPSA) is 114 Å². The van der Waals surface area contributed by atoms with Gasteiger partial charge >= 0.3 is 11.9 Å². The molecule has 6 rings (SSSR count). The molecule has 0 radical (unpaired) electrons. The molecule has 2 heterocycles. The lowest BCUT2D eigenvalue weighted by Crippen LogP contribution is -2.12. The molecule has 0 bridgehead atoms. The highest BCUT2D eigenvalue weighted by Crippen LogP contribution is 2.40. The molecule has 6 aromatic rings. The van der Waals surface area contributed by atoms with E-state index < -0.39 is 41.2 Å². The van der Waals surface area contributed by atoms with Crippen LogP contribution >= 0.6 is 22.7 Å². The number of hydrogen-bond donors (Lipinski definition) is 0. The monoisotopic (exact) mass is 824 g/mol. The van der Waals surface area contributed by atoms with Crippen LogP contribution in [0.3, 0.4) is 0 Å². The molecule has 0 fully saturated rings. The van der Waals surface area contributed by atoms with E-state index in [1.807, 2.05) is 12.1 Å². The molecule has 0 spiro atoms. The van der Waals surface area contributed by atoms with Crippen LogP contribution in [-0.4, -0.2) is 51.4 Å². The van der Waals surface area contributed by atoms with E-state index in [0.29, 0.717) is 53.3 Å². The Morgan fingerprint density at radius 3 is 1.81 bits per heavy atom. The molecule has 13 heteroatoms. The number of carbonyl (C=O) groups excluding carboxylic acids is 4. The lowest BCUT2D eigenvalue weighted by Gasteiger charge is -2.18. The van der Waals surface area contributed by atoms with Gasteiger partial charge in [-0.15, -0.1) is 22.7 Å². The van der Waals surface area contributed by atoms with Crippen LogP contribution in [0.25, 0.3) is 20.9 Å². The minimum Gasteiger partial charge on any atom is -0.497 e. The molecule has 0 N–H and O–H groups in total. The van der Waals surface area contributed by atoms with Crippen LogP contribution in [-0.2, 0) is 31.9 Å². The molecular formula is C45H38F2O9S2. The van der Waals surface area contributed by atoms with Gasteiger partial charge in [0.2, 0.25) is 11.6 Å². The van der Waals surface area contributed by atoms with Gasteiger partial charge in [0.05, 0.1) is 50.5 Å². The summed E-state index contributed by atoms with van der Waals surface area (Å²) >= 11 is 2.32. The van der Waals surface area contributed by atoms with Crippen LogP contribution in [0, 0.1) is 11.6 Å². The molecule has 58 heavy (non-hydrogen) atoms. The van der Waals surface area contributed by atoms with E-state index in [4.69, 9.17) is 23.7 Å². The van der Waals surface area contributed by atoms with E-state index in [9.17, 15) is 28.0 Å². The van der Waals surface area contributed by atoms with Crippen molar-refractivity contribution in [2.45, 2.75) is 32.8 Å². The number of benzene rings is 4. The zero-order chi connectivity index (χ0) is 41.5. The number of methoxy groups -OCH3 is 3. The molecule has 298 valence electrons. The molecule has 0 aliphatic carbocycles. The minimum absolute atomic E-state index is 0.00889. The number of rotatable bonds is 16. The van der Waals surface area contributed by atoms with Gasteiger partial charge in [0.25, 0.3) is 0 Å². The fourth-order valence-corrected chi connectivity index (χ4v) is 8.60. The summed E-state index contributed by atoms with van der Waals surface area (Å²) in [7, 11) is 4.37. The summed E-state index contributed by atoms with van der Waals surface area (Å²) < 4.78 is 55.7.